The summed E-state index contributed by atoms with van der Waals surface area (Å²) in [4.78, 5) is 25.9. The average Bonchev–Trinajstić information content (AvgIpc) is 3.39. The lowest BCUT2D eigenvalue weighted by atomic mass is 10.1. The van der Waals surface area contributed by atoms with Gasteiger partial charge in [0.05, 0.1) is 9.78 Å². The van der Waals surface area contributed by atoms with Crippen LogP contribution < -0.4 is 10.2 Å². The molecule has 0 spiro atoms. The maximum Gasteiger partial charge on any atom is 0.285 e. The zero-order chi connectivity index (χ0) is 21.8. The predicted molar refractivity (Wildman–Crippen MR) is 124 cm³/mol. The third-order valence-corrected chi connectivity index (χ3v) is 6.47. The first-order valence-electron chi connectivity index (χ1n) is 9.10. The summed E-state index contributed by atoms with van der Waals surface area (Å²) in [6, 6.07) is 16.9. The Hall–Kier alpha value is -3.01. The minimum absolute atomic E-state index is 0.0509. The van der Waals surface area contributed by atoms with E-state index in [1.807, 2.05) is 0 Å². The number of amides is 2. The van der Waals surface area contributed by atoms with Gasteiger partial charge in [0.15, 0.2) is 4.32 Å². The zero-order valence-electron chi connectivity index (χ0n) is 15.9. The number of rotatable bonds is 6. The van der Waals surface area contributed by atoms with Gasteiger partial charge in [0.2, 0.25) is 0 Å². The molecule has 5 nitrogen and oxygen atoms in total. The molecule has 2 amide bonds. The van der Waals surface area contributed by atoms with Gasteiger partial charge in [-0.15, -0.1) is 11.3 Å². The number of halogens is 1. The summed E-state index contributed by atoms with van der Waals surface area (Å²) in [5, 5.41) is 2.84. The summed E-state index contributed by atoms with van der Waals surface area (Å²) >= 11 is 7.62. The fourth-order valence-corrected chi connectivity index (χ4v) is 4.56. The predicted octanol–water partition coefficient (Wildman–Crippen LogP) is 5.01. The van der Waals surface area contributed by atoms with Gasteiger partial charge in [-0.3, -0.25) is 15.0 Å². The summed E-state index contributed by atoms with van der Waals surface area (Å²) in [5.41, 5.74) is 3.62. The molecule has 1 aromatic heterocycles. The molecule has 2 aromatic carbocycles. The summed E-state index contributed by atoms with van der Waals surface area (Å²) in [5.74, 6) is -0.675. The molecule has 1 N–H and O–H groups in total. The summed E-state index contributed by atoms with van der Waals surface area (Å²) in [6.45, 7) is 0.0509. The standard InChI is InChI=1S/C22H15FN2O3S3/c23-16-8-3-1-7-15(16)13-28-17-9-4-2-6-14(17)12-19-21(27)25(22(29)31-19)24-20(26)18-10-5-11-30-18/h1-12H,13H2,(H,24,26)/b19-12+. The van der Waals surface area contributed by atoms with Gasteiger partial charge >= 0.3 is 0 Å². The number of carbonyl (C=O) groups excluding carboxylic acids is 2. The fraction of sp³-hybridized carbons (Fsp3) is 0.0455. The van der Waals surface area contributed by atoms with E-state index in [-0.39, 0.29) is 16.7 Å². The Morgan fingerprint density at radius 2 is 1.90 bits per heavy atom. The van der Waals surface area contributed by atoms with Crippen molar-refractivity contribution in [3.8, 4) is 5.75 Å². The van der Waals surface area contributed by atoms with Crippen LogP contribution in [0.25, 0.3) is 6.08 Å². The number of nitrogens with zero attached hydrogens (tertiary/aromatic N) is 1. The van der Waals surface area contributed by atoms with Gasteiger partial charge in [-0.1, -0.05) is 54.2 Å². The second kappa shape index (κ2) is 9.42. The summed E-state index contributed by atoms with van der Waals surface area (Å²) in [6.07, 6.45) is 1.65. The van der Waals surface area contributed by atoms with Crippen LogP contribution in [0.15, 0.2) is 70.9 Å². The molecule has 31 heavy (non-hydrogen) atoms. The van der Waals surface area contributed by atoms with Crippen molar-refractivity contribution in [3.05, 3.63) is 92.8 Å². The Morgan fingerprint density at radius 3 is 2.68 bits per heavy atom. The Balaban J connectivity index is 1.51. The van der Waals surface area contributed by atoms with E-state index in [9.17, 15) is 14.0 Å². The number of hydrazine groups is 1. The number of para-hydroxylation sites is 1. The molecule has 9 heteroatoms. The first kappa shape index (κ1) is 21.2. The van der Waals surface area contributed by atoms with E-state index in [2.05, 4.69) is 5.43 Å². The molecule has 1 fully saturated rings. The topological polar surface area (TPSA) is 58.6 Å². The highest BCUT2D eigenvalue weighted by Gasteiger charge is 2.34. The first-order valence-corrected chi connectivity index (χ1v) is 11.2. The molecular formula is C22H15FN2O3S3. The monoisotopic (exact) mass is 470 g/mol. The number of ether oxygens (including phenoxy) is 1. The number of thiocarbonyl (C=S) groups is 1. The van der Waals surface area contributed by atoms with Crippen molar-refractivity contribution in [2.24, 2.45) is 0 Å². The van der Waals surface area contributed by atoms with Gasteiger partial charge in [0.1, 0.15) is 18.2 Å². The molecule has 0 radical (unpaired) electrons. The fourth-order valence-electron chi connectivity index (χ4n) is 2.77. The van der Waals surface area contributed by atoms with Gasteiger partial charge in [-0.2, -0.15) is 5.01 Å². The maximum absolute atomic E-state index is 13.9. The molecule has 0 aliphatic carbocycles. The Labute approximate surface area is 191 Å². The lowest BCUT2D eigenvalue weighted by Crippen LogP contribution is -2.44. The Kier molecular flexibility index (Phi) is 6.45. The van der Waals surface area contributed by atoms with Crippen LogP contribution in [0.2, 0.25) is 0 Å². The zero-order valence-corrected chi connectivity index (χ0v) is 18.4. The third-order valence-electron chi connectivity index (χ3n) is 4.30. The molecule has 0 atom stereocenters. The van der Waals surface area contributed by atoms with Crippen LogP contribution in [0.3, 0.4) is 0 Å². The number of hydrogen-bond donors (Lipinski definition) is 1. The van der Waals surface area contributed by atoms with Crippen LogP contribution in [-0.2, 0) is 11.4 Å². The van der Waals surface area contributed by atoms with Crippen LogP contribution in [0.1, 0.15) is 20.8 Å². The number of carbonyl (C=O) groups is 2. The molecule has 156 valence electrons. The van der Waals surface area contributed by atoms with Crippen molar-refractivity contribution >= 4 is 57.5 Å². The molecule has 3 aromatic rings. The molecule has 0 bridgehead atoms. The van der Waals surface area contributed by atoms with Gasteiger partial charge in [0, 0.05) is 11.1 Å². The minimum Gasteiger partial charge on any atom is -0.488 e. The van der Waals surface area contributed by atoms with Crippen LogP contribution in [0.5, 0.6) is 5.75 Å². The first-order chi connectivity index (χ1) is 15.0. The molecule has 0 saturated carbocycles. The maximum atomic E-state index is 13.9. The summed E-state index contributed by atoms with van der Waals surface area (Å²) < 4.78 is 19.9. The number of nitrogens with one attached hydrogen (secondary N) is 1. The van der Waals surface area contributed by atoms with E-state index in [1.54, 1.807) is 66.1 Å². The lowest BCUT2D eigenvalue weighted by Gasteiger charge is -2.14. The highest BCUT2D eigenvalue weighted by Crippen LogP contribution is 2.33. The van der Waals surface area contributed by atoms with Crippen molar-refractivity contribution in [1.29, 1.82) is 0 Å². The second-order valence-electron chi connectivity index (χ2n) is 6.35. The molecule has 4 rings (SSSR count). The highest BCUT2D eigenvalue weighted by atomic mass is 32.2. The molecule has 1 aliphatic rings. The molecule has 0 unspecified atom stereocenters. The van der Waals surface area contributed by atoms with Crippen LogP contribution in [0.4, 0.5) is 4.39 Å². The summed E-state index contributed by atoms with van der Waals surface area (Å²) in [7, 11) is 0. The number of thioether (sulfide) groups is 1. The van der Waals surface area contributed by atoms with Gasteiger partial charge < -0.3 is 4.74 Å². The molecule has 1 saturated heterocycles. The minimum atomic E-state index is -0.427. The van der Waals surface area contributed by atoms with E-state index < -0.39 is 11.8 Å². The molecule has 2 heterocycles. The number of thiophene rings is 1. The number of benzene rings is 2. The molecular weight excluding hydrogens is 455 g/mol. The van der Waals surface area contributed by atoms with E-state index in [0.717, 1.165) is 16.8 Å². The van der Waals surface area contributed by atoms with Gasteiger partial charge in [-0.25, -0.2) is 4.39 Å². The van der Waals surface area contributed by atoms with Crippen molar-refractivity contribution in [2.75, 3.05) is 0 Å². The van der Waals surface area contributed by atoms with Crippen molar-refractivity contribution in [3.63, 3.8) is 0 Å². The van der Waals surface area contributed by atoms with E-state index in [0.29, 0.717) is 26.7 Å². The van der Waals surface area contributed by atoms with Crippen molar-refractivity contribution in [2.45, 2.75) is 6.61 Å². The van der Waals surface area contributed by atoms with Gasteiger partial charge in [-0.05, 0) is 41.9 Å². The van der Waals surface area contributed by atoms with Crippen molar-refractivity contribution in [1.82, 2.24) is 10.4 Å². The quantitative estimate of drug-likeness (QED) is 0.405. The Morgan fingerprint density at radius 1 is 1.13 bits per heavy atom. The van der Waals surface area contributed by atoms with Crippen LogP contribution in [0, 0.1) is 5.82 Å². The highest BCUT2D eigenvalue weighted by molar-refractivity contribution is 8.26. The lowest BCUT2D eigenvalue weighted by molar-refractivity contribution is -0.123. The van der Waals surface area contributed by atoms with E-state index in [1.165, 1.54) is 17.4 Å². The van der Waals surface area contributed by atoms with Crippen molar-refractivity contribution < 1.29 is 18.7 Å². The SMILES string of the molecule is O=C(NN1C(=O)/C(=C\c2ccccc2OCc2ccccc2F)SC1=S)c1cccs1. The number of hydrogen-bond acceptors (Lipinski definition) is 6. The smallest absolute Gasteiger partial charge is 0.285 e. The average molecular weight is 471 g/mol. The van der Waals surface area contributed by atoms with Crippen LogP contribution in [-0.4, -0.2) is 21.1 Å². The second-order valence-corrected chi connectivity index (χ2v) is 8.98. The van der Waals surface area contributed by atoms with E-state index >= 15 is 0 Å². The normalized spacial score (nSPS) is 14.9. The van der Waals surface area contributed by atoms with Gasteiger partial charge in [0.25, 0.3) is 11.8 Å². The van der Waals surface area contributed by atoms with Crippen LogP contribution >= 0.6 is 35.3 Å². The largest absolute Gasteiger partial charge is 0.488 e. The third kappa shape index (κ3) is 4.84. The molecule has 1 aliphatic heterocycles. The van der Waals surface area contributed by atoms with E-state index in [4.69, 9.17) is 17.0 Å². The Bertz CT molecular complexity index is 1180.